The molecule has 2 aliphatic heterocycles. The van der Waals surface area contributed by atoms with E-state index in [1.165, 1.54) is 25.1 Å². The summed E-state index contributed by atoms with van der Waals surface area (Å²) in [5.74, 6) is 1.74. The molecule has 176 valence electrons. The molecule has 4 rings (SSSR count). The molecule has 0 spiro atoms. The lowest BCUT2D eigenvalue weighted by atomic mass is 10.1. The molecule has 1 atom stereocenters. The molecule has 1 unspecified atom stereocenters. The van der Waals surface area contributed by atoms with Crippen LogP contribution in [0.5, 0.6) is 0 Å². The number of nitrogens with zero attached hydrogens (tertiary/aromatic N) is 5. The zero-order chi connectivity index (χ0) is 21.3. The van der Waals surface area contributed by atoms with Crippen molar-refractivity contribution in [1.29, 1.82) is 0 Å². The molecule has 0 bridgehead atoms. The third-order valence-corrected chi connectivity index (χ3v) is 6.31. The zero-order valence-electron chi connectivity index (χ0n) is 19.2. The highest BCUT2D eigenvalue weighted by Gasteiger charge is 2.24. The monoisotopic (exact) mass is 552 g/mol. The molecule has 32 heavy (non-hydrogen) atoms. The fourth-order valence-electron chi connectivity index (χ4n) is 4.50. The number of likely N-dealkylation sites (tertiary alicyclic amines) is 1. The Labute approximate surface area is 209 Å². The van der Waals surface area contributed by atoms with Gasteiger partial charge >= 0.3 is 0 Å². The summed E-state index contributed by atoms with van der Waals surface area (Å²) in [6.07, 6.45) is 4.04. The first-order chi connectivity index (χ1) is 15.3. The second-order valence-corrected chi connectivity index (χ2v) is 8.64. The number of aliphatic imine (C=N–C) groups is 1. The summed E-state index contributed by atoms with van der Waals surface area (Å²) in [4.78, 5) is 12.5. The summed E-state index contributed by atoms with van der Waals surface area (Å²) in [6, 6.07) is 12.8. The van der Waals surface area contributed by atoms with Crippen LogP contribution in [0.3, 0.4) is 0 Å². The van der Waals surface area contributed by atoms with E-state index >= 15 is 0 Å². The number of nitrogens with one attached hydrogen (secondary N) is 1. The number of benzene rings is 1. The molecule has 2 fully saturated rings. The molecule has 2 aromatic rings. The van der Waals surface area contributed by atoms with Gasteiger partial charge in [0, 0.05) is 65.0 Å². The van der Waals surface area contributed by atoms with E-state index in [9.17, 15) is 0 Å². The molecule has 0 amide bonds. The van der Waals surface area contributed by atoms with E-state index in [0.717, 1.165) is 70.4 Å². The summed E-state index contributed by atoms with van der Waals surface area (Å²) in [6.45, 7) is 12.4. The van der Waals surface area contributed by atoms with Gasteiger partial charge in [-0.1, -0.05) is 35.5 Å². The van der Waals surface area contributed by atoms with Gasteiger partial charge in [0.2, 0.25) is 0 Å². The van der Waals surface area contributed by atoms with Gasteiger partial charge in [-0.3, -0.25) is 9.89 Å². The van der Waals surface area contributed by atoms with Crippen LogP contribution < -0.4 is 5.32 Å². The first-order valence-corrected chi connectivity index (χ1v) is 11.7. The van der Waals surface area contributed by atoms with Crippen LogP contribution in [-0.2, 0) is 13.0 Å². The molecule has 0 saturated carbocycles. The van der Waals surface area contributed by atoms with Gasteiger partial charge in [0.25, 0.3) is 0 Å². The third kappa shape index (κ3) is 7.45. The van der Waals surface area contributed by atoms with Crippen LogP contribution in [0.25, 0.3) is 0 Å². The highest BCUT2D eigenvalue weighted by molar-refractivity contribution is 14.0. The molecule has 0 aliphatic carbocycles. The van der Waals surface area contributed by atoms with Gasteiger partial charge in [-0.25, -0.2) is 0 Å². The van der Waals surface area contributed by atoms with Crippen molar-refractivity contribution in [2.75, 3.05) is 58.9 Å². The Morgan fingerprint density at radius 1 is 1.09 bits per heavy atom. The molecule has 8 heteroatoms. The van der Waals surface area contributed by atoms with Crippen molar-refractivity contribution in [3.8, 4) is 0 Å². The van der Waals surface area contributed by atoms with E-state index in [0.29, 0.717) is 5.92 Å². The Morgan fingerprint density at radius 3 is 2.62 bits per heavy atom. The van der Waals surface area contributed by atoms with E-state index < -0.39 is 0 Å². The van der Waals surface area contributed by atoms with Crippen molar-refractivity contribution >= 4 is 29.9 Å². The van der Waals surface area contributed by atoms with Gasteiger partial charge < -0.3 is 19.6 Å². The Balaban J connectivity index is 0.00000289. The van der Waals surface area contributed by atoms with Crippen LogP contribution in [-0.4, -0.2) is 84.7 Å². The maximum Gasteiger partial charge on any atom is 0.194 e. The van der Waals surface area contributed by atoms with Gasteiger partial charge in [-0.05, 0) is 37.8 Å². The molecule has 2 aliphatic rings. The number of hydrogen-bond donors (Lipinski definition) is 1. The van der Waals surface area contributed by atoms with Gasteiger partial charge in [0.1, 0.15) is 6.26 Å². The number of guanidine groups is 1. The smallest absolute Gasteiger partial charge is 0.194 e. The molecule has 1 N–H and O–H groups in total. The zero-order valence-corrected chi connectivity index (χ0v) is 21.5. The number of rotatable bonds is 8. The van der Waals surface area contributed by atoms with Crippen molar-refractivity contribution in [2.24, 2.45) is 10.9 Å². The van der Waals surface area contributed by atoms with Crippen molar-refractivity contribution in [3.63, 3.8) is 0 Å². The topological polar surface area (TPSA) is 60.1 Å². The van der Waals surface area contributed by atoms with Crippen LogP contribution in [0.15, 0.2) is 52.2 Å². The molecule has 3 heterocycles. The second-order valence-electron chi connectivity index (χ2n) is 8.64. The fraction of sp³-hybridized carbons (Fsp3) is 0.583. The van der Waals surface area contributed by atoms with Crippen molar-refractivity contribution in [2.45, 2.75) is 26.3 Å². The van der Waals surface area contributed by atoms with Gasteiger partial charge in [0.05, 0.1) is 5.69 Å². The molecule has 0 radical (unpaired) electrons. The molecule has 2 saturated heterocycles. The van der Waals surface area contributed by atoms with E-state index in [1.54, 1.807) is 6.26 Å². The lowest BCUT2D eigenvalue weighted by Crippen LogP contribution is -2.52. The molecule has 1 aromatic carbocycles. The van der Waals surface area contributed by atoms with Crippen LogP contribution in [0.4, 0.5) is 0 Å². The Bertz CT molecular complexity index is 792. The maximum absolute atomic E-state index is 5.03. The first-order valence-electron chi connectivity index (χ1n) is 11.7. The minimum absolute atomic E-state index is 0. The molecular formula is C24H37IN6O. The standard InChI is InChI=1S/C24H36N6O.HI/c1-2-25-24(30-15-13-29(14-16-30)20-23-10-17-31-27-23)26-18-22-9-12-28(19-22)11-8-21-6-4-3-5-7-21;/h3-7,10,17,22H,2,8-9,11-16,18-20H2,1H3,(H,25,26);1H. The number of hydrogen-bond acceptors (Lipinski definition) is 5. The number of piperazine rings is 1. The summed E-state index contributed by atoms with van der Waals surface area (Å²) >= 11 is 0. The van der Waals surface area contributed by atoms with Crippen LogP contribution >= 0.6 is 24.0 Å². The van der Waals surface area contributed by atoms with Crippen LogP contribution in [0.2, 0.25) is 0 Å². The maximum atomic E-state index is 5.03. The summed E-state index contributed by atoms with van der Waals surface area (Å²) < 4.78 is 4.95. The minimum atomic E-state index is 0. The first kappa shape index (κ1) is 25.0. The SMILES string of the molecule is CCNC(=NCC1CCN(CCc2ccccc2)C1)N1CCN(Cc2ccon2)CC1.I. The predicted molar refractivity (Wildman–Crippen MR) is 139 cm³/mol. The summed E-state index contributed by atoms with van der Waals surface area (Å²) in [5, 5.41) is 7.54. The molecule has 1 aromatic heterocycles. The lowest BCUT2D eigenvalue weighted by Gasteiger charge is -2.36. The minimum Gasteiger partial charge on any atom is -0.364 e. The fourth-order valence-corrected chi connectivity index (χ4v) is 4.50. The van der Waals surface area contributed by atoms with Crippen LogP contribution in [0.1, 0.15) is 24.6 Å². The van der Waals surface area contributed by atoms with E-state index in [-0.39, 0.29) is 24.0 Å². The Kier molecular flexibility index (Phi) is 10.3. The number of aromatic nitrogens is 1. The summed E-state index contributed by atoms with van der Waals surface area (Å²) in [5.41, 5.74) is 2.44. The summed E-state index contributed by atoms with van der Waals surface area (Å²) in [7, 11) is 0. The van der Waals surface area contributed by atoms with Gasteiger partial charge in [-0.2, -0.15) is 0 Å². The average Bonchev–Trinajstić information content (AvgIpc) is 3.49. The van der Waals surface area contributed by atoms with E-state index in [2.05, 4.69) is 62.4 Å². The van der Waals surface area contributed by atoms with E-state index in [4.69, 9.17) is 9.52 Å². The highest BCUT2D eigenvalue weighted by Crippen LogP contribution is 2.17. The lowest BCUT2D eigenvalue weighted by molar-refractivity contribution is 0.169. The van der Waals surface area contributed by atoms with Crippen molar-refractivity contribution < 1.29 is 4.52 Å². The third-order valence-electron chi connectivity index (χ3n) is 6.31. The van der Waals surface area contributed by atoms with Crippen molar-refractivity contribution in [1.82, 2.24) is 25.2 Å². The molecular weight excluding hydrogens is 515 g/mol. The van der Waals surface area contributed by atoms with Gasteiger partial charge in [0.15, 0.2) is 5.96 Å². The largest absolute Gasteiger partial charge is 0.364 e. The second kappa shape index (κ2) is 13.2. The number of halogens is 1. The normalized spacial score (nSPS) is 20.3. The van der Waals surface area contributed by atoms with Crippen molar-refractivity contribution in [3.05, 3.63) is 53.9 Å². The highest BCUT2D eigenvalue weighted by atomic mass is 127. The molecule has 7 nitrogen and oxygen atoms in total. The van der Waals surface area contributed by atoms with Gasteiger partial charge in [-0.15, -0.1) is 24.0 Å². The van der Waals surface area contributed by atoms with Crippen LogP contribution in [0, 0.1) is 5.92 Å². The average molecular weight is 553 g/mol. The Morgan fingerprint density at radius 2 is 1.91 bits per heavy atom. The Hall–Kier alpha value is -1.65. The predicted octanol–water partition coefficient (Wildman–Crippen LogP) is 2.94. The quantitative estimate of drug-likeness (QED) is 0.309. The van der Waals surface area contributed by atoms with E-state index in [1.807, 2.05) is 6.07 Å².